The van der Waals surface area contributed by atoms with Gasteiger partial charge in [0.1, 0.15) is 0 Å². The molecule has 2 atom stereocenters. The van der Waals surface area contributed by atoms with Gasteiger partial charge in [0, 0.05) is 44.3 Å². The Morgan fingerprint density at radius 3 is 2.22 bits per heavy atom. The Bertz CT molecular complexity index is 230. The first-order valence-corrected chi connectivity index (χ1v) is 7.86. The molecule has 0 radical (unpaired) electrons. The van der Waals surface area contributed by atoms with Crippen LogP contribution in [0.15, 0.2) is 0 Å². The van der Waals surface area contributed by atoms with E-state index in [2.05, 4.69) is 36.0 Å². The van der Waals surface area contributed by atoms with Crippen LogP contribution < -0.4 is 5.32 Å². The molecule has 1 saturated carbocycles. The first-order valence-electron chi connectivity index (χ1n) is 7.86. The molecule has 1 N–H and O–H groups in total. The molecule has 1 aliphatic heterocycles. The van der Waals surface area contributed by atoms with Crippen LogP contribution in [0.3, 0.4) is 0 Å². The number of rotatable bonds is 5. The fourth-order valence-electron chi connectivity index (χ4n) is 3.59. The lowest BCUT2D eigenvalue weighted by Gasteiger charge is -2.41. The largest absolute Gasteiger partial charge is 0.317 e. The van der Waals surface area contributed by atoms with Crippen LogP contribution in [-0.4, -0.2) is 61.2 Å². The number of nitrogens with zero attached hydrogens (tertiary/aromatic N) is 2. The molecule has 0 bridgehead atoms. The molecule has 0 aromatic heterocycles. The van der Waals surface area contributed by atoms with Gasteiger partial charge in [0.05, 0.1) is 0 Å². The van der Waals surface area contributed by atoms with Crippen molar-refractivity contribution >= 4 is 0 Å². The van der Waals surface area contributed by atoms with Crippen LogP contribution in [0.25, 0.3) is 0 Å². The number of hydrogen-bond acceptors (Lipinski definition) is 3. The predicted octanol–water partition coefficient (Wildman–Crippen LogP) is 1.93. The molecule has 0 spiro atoms. The summed E-state index contributed by atoms with van der Waals surface area (Å²) in [6.07, 6.45) is 7.08. The molecule has 18 heavy (non-hydrogen) atoms. The molecule has 3 heteroatoms. The van der Waals surface area contributed by atoms with Crippen LogP contribution in [0.1, 0.15) is 46.0 Å². The van der Waals surface area contributed by atoms with Crippen LogP contribution in [-0.2, 0) is 0 Å². The molecule has 2 aliphatic rings. The summed E-state index contributed by atoms with van der Waals surface area (Å²) in [5.41, 5.74) is 0. The maximum atomic E-state index is 3.35. The third-order valence-corrected chi connectivity index (χ3v) is 5.00. The lowest BCUT2D eigenvalue weighted by Crippen LogP contribution is -2.52. The van der Waals surface area contributed by atoms with Gasteiger partial charge in [-0.3, -0.25) is 9.80 Å². The maximum absolute atomic E-state index is 3.35. The monoisotopic (exact) mass is 253 g/mol. The molecular weight excluding hydrogens is 222 g/mol. The van der Waals surface area contributed by atoms with Gasteiger partial charge in [-0.05, 0) is 40.2 Å². The first-order chi connectivity index (χ1) is 8.70. The van der Waals surface area contributed by atoms with Crippen molar-refractivity contribution in [1.29, 1.82) is 0 Å². The van der Waals surface area contributed by atoms with E-state index in [0.717, 1.165) is 12.1 Å². The van der Waals surface area contributed by atoms with Crippen molar-refractivity contribution in [2.75, 3.05) is 33.2 Å². The SMILES string of the molecule is CNC(C)CC(C)N1CCN(C2CCCC2)CC1. The van der Waals surface area contributed by atoms with E-state index in [0.29, 0.717) is 6.04 Å². The van der Waals surface area contributed by atoms with Crippen molar-refractivity contribution in [3.63, 3.8) is 0 Å². The smallest absolute Gasteiger partial charge is 0.0113 e. The highest BCUT2D eigenvalue weighted by molar-refractivity contribution is 4.84. The highest BCUT2D eigenvalue weighted by Crippen LogP contribution is 2.24. The lowest BCUT2D eigenvalue weighted by molar-refractivity contribution is 0.0703. The molecule has 0 aromatic carbocycles. The van der Waals surface area contributed by atoms with Gasteiger partial charge in [0.2, 0.25) is 0 Å². The van der Waals surface area contributed by atoms with E-state index in [-0.39, 0.29) is 0 Å². The van der Waals surface area contributed by atoms with Gasteiger partial charge in [-0.25, -0.2) is 0 Å². The van der Waals surface area contributed by atoms with Crippen molar-refractivity contribution in [2.24, 2.45) is 0 Å². The summed E-state index contributed by atoms with van der Waals surface area (Å²) in [6.45, 7) is 9.80. The highest BCUT2D eigenvalue weighted by atomic mass is 15.3. The third kappa shape index (κ3) is 3.69. The Morgan fingerprint density at radius 1 is 1.06 bits per heavy atom. The van der Waals surface area contributed by atoms with E-state index in [1.807, 2.05) is 0 Å². The average Bonchev–Trinajstić information content (AvgIpc) is 2.92. The van der Waals surface area contributed by atoms with Crippen molar-refractivity contribution in [3.8, 4) is 0 Å². The molecule has 0 amide bonds. The molecule has 2 unspecified atom stereocenters. The molecule has 3 nitrogen and oxygen atoms in total. The molecule has 0 aromatic rings. The number of nitrogens with one attached hydrogen (secondary N) is 1. The highest BCUT2D eigenvalue weighted by Gasteiger charge is 2.27. The average molecular weight is 253 g/mol. The minimum Gasteiger partial charge on any atom is -0.317 e. The normalized spacial score (nSPS) is 27.5. The van der Waals surface area contributed by atoms with Gasteiger partial charge >= 0.3 is 0 Å². The van der Waals surface area contributed by atoms with Gasteiger partial charge in [0.25, 0.3) is 0 Å². The van der Waals surface area contributed by atoms with Crippen LogP contribution in [0.2, 0.25) is 0 Å². The quantitative estimate of drug-likeness (QED) is 0.808. The van der Waals surface area contributed by atoms with Gasteiger partial charge in [-0.15, -0.1) is 0 Å². The van der Waals surface area contributed by atoms with Gasteiger partial charge < -0.3 is 5.32 Å². The van der Waals surface area contributed by atoms with Crippen molar-refractivity contribution in [1.82, 2.24) is 15.1 Å². The van der Waals surface area contributed by atoms with Gasteiger partial charge in [-0.2, -0.15) is 0 Å². The molecule has 1 aliphatic carbocycles. The Kier molecular flexibility index (Phi) is 5.46. The van der Waals surface area contributed by atoms with Crippen LogP contribution in [0.5, 0.6) is 0 Å². The Balaban J connectivity index is 1.72. The topological polar surface area (TPSA) is 18.5 Å². The second-order valence-corrected chi connectivity index (χ2v) is 6.28. The summed E-state index contributed by atoms with van der Waals surface area (Å²) < 4.78 is 0. The molecule has 106 valence electrons. The summed E-state index contributed by atoms with van der Waals surface area (Å²) in [5.74, 6) is 0. The second-order valence-electron chi connectivity index (χ2n) is 6.28. The summed E-state index contributed by atoms with van der Waals surface area (Å²) in [7, 11) is 2.06. The summed E-state index contributed by atoms with van der Waals surface area (Å²) in [5, 5.41) is 3.35. The van der Waals surface area contributed by atoms with Crippen molar-refractivity contribution in [3.05, 3.63) is 0 Å². The van der Waals surface area contributed by atoms with E-state index in [4.69, 9.17) is 0 Å². The predicted molar refractivity (Wildman–Crippen MR) is 78.0 cm³/mol. The zero-order valence-corrected chi connectivity index (χ0v) is 12.5. The number of hydrogen-bond donors (Lipinski definition) is 1. The van der Waals surface area contributed by atoms with E-state index in [1.165, 1.54) is 58.3 Å². The Morgan fingerprint density at radius 2 is 1.67 bits per heavy atom. The van der Waals surface area contributed by atoms with Gasteiger partial charge in [0.15, 0.2) is 0 Å². The van der Waals surface area contributed by atoms with Crippen molar-refractivity contribution in [2.45, 2.75) is 64.1 Å². The zero-order valence-electron chi connectivity index (χ0n) is 12.5. The van der Waals surface area contributed by atoms with Crippen LogP contribution >= 0.6 is 0 Å². The maximum Gasteiger partial charge on any atom is 0.0113 e. The summed E-state index contributed by atoms with van der Waals surface area (Å²) >= 11 is 0. The van der Waals surface area contributed by atoms with E-state index in [9.17, 15) is 0 Å². The van der Waals surface area contributed by atoms with Crippen LogP contribution in [0.4, 0.5) is 0 Å². The lowest BCUT2D eigenvalue weighted by atomic mass is 10.1. The summed E-state index contributed by atoms with van der Waals surface area (Å²) in [4.78, 5) is 5.43. The Hall–Kier alpha value is -0.120. The fraction of sp³-hybridized carbons (Fsp3) is 1.00. The molecule has 1 heterocycles. The minimum absolute atomic E-state index is 0.632. The van der Waals surface area contributed by atoms with Gasteiger partial charge in [-0.1, -0.05) is 12.8 Å². The first kappa shape index (κ1) is 14.3. The van der Waals surface area contributed by atoms with E-state index < -0.39 is 0 Å². The van der Waals surface area contributed by atoms with E-state index >= 15 is 0 Å². The van der Waals surface area contributed by atoms with Crippen LogP contribution in [0, 0.1) is 0 Å². The zero-order chi connectivity index (χ0) is 13.0. The second kappa shape index (κ2) is 6.88. The van der Waals surface area contributed by atoms with E-state index in [1.54, 1.807) is 0 Å². The summed E-state index contributed by atoms with van der Waals surface area (Å²) in [6, 6.07) is 2.27. The molecule has 2 rings (SSSR count). The third-order valence-electron chi connectivity index (χ3n) is 5.00. The molecule has 1 saturated heterocycles. The molecule has 2 fully saturated rings. The molecular formula is C15H31N3. The Labute approximate surface area is 113 Å². The standard InChI is InChI=1S/C15H31N3/c1-13(16-3)12-14(2)17-8-10-18(11-9-17)15-6-4-5-7-15/h13-16H,4-12H2,1-3H3. The van der Waals surface area contributed by atoms with Crippen molar-refractivity contribution < 1.29 is 0 Å². The minimum atomic E-state index is 0.632. The fourth-order valence-corrected chi connectivity index (χ4v) is 3.59. The number of piperazine rings is 1.